The molecule has 0 aromatic carbocycles. The smallest absolute Gasteiger partial charge is 0.323 e. The molecule has 0 aliphatic heterocycles. The average Bonchev–Trinajstić information content (AvgIpc) is 2.18. The van der Waals surface area contributed by atoms with Gasteiger partial charge < -0.3 is 10.1 Å². The van der Waals surface area contributed by atoms with Crippen LogP contribution in [0.4, 0.5) is 0 Å². The Morgan fingerprint density at radius 1 is 1.50 bits per heavy atom. The van der Waals surface area contributed by atoms with Crippen LogP contribution in [0.3, 0.4) is 0 Å². The van der Waals surface area contributed by atoms with Crippen molar-refractivity contribution in [1.82, 2.24) is 5.32 Å². The maximum absolute atomic E-state index is 11.3. The molecule has 1 N–H and O–H groups in total. The summed E-state index contributed by atoms with van der Waals surface area (Å²) in [5.74, 6) is -0.143. The van der Waals surface area contributed by atoms with Gasteiger partial charge in [0.2, 0.25) is 0 Å². The first-order valence-electron chi connectivity index (χ1n) is 5.27. The summed E-state index contributed by atoms with van der Waals surface area (Å²) in [5.41, 5.74) is 0. The highest BCUT2D eigenvalue weighted by Gasteiger charge is 2.15. The van der Waals surface area contributed by atoms with E-state index in [-0.39, 0.29) is 12.0 Å². The molecule has 0 fully saturated rings. The second kappa shape index (κ2) is 8.75. The van der Waals surface area contributed by atoms with Crippen LogP contribution in [0.25, 0.3) is 0 Å². The zero-order valence-electron chi connectivity index (χ0n) is 9.38. The Morgan fingerprint density at radius 3 is 2.71 bits per heavy atom. The monoisotopic (exact) mass is 199 g/mol. The zero-order chi connectivity index (χ0) is 10.8. The molecular formula is C11H21NO2. The summed E-state index contributed by atoms with van der Waals surface area (Å²) < 4.78 is 4.93. The predicted octanol–water partition coefficient (Wildman–Crippen LogP) is 1.88. The van der Waals surface area contributed by atoms with Crippen molar-refractivity contribution in [2.75, 3.05) is 13.2 Å². The molecule has 0 saturated heterocycles. The number of hydrogen-bond donors (Lipinski definition) is 1. The van der Waals surface area contributed by atoms with Crippen LogP contribution in [0.2, 0.25) is 0 Å². The summed E-state index contributed by atoms with van der Waals surface area (Å²) in [7, 11) is 0. The van der Waals surface area contributed by atoms with Crippen LogP contribution in [-0.4, -0.2) is 25.2 Å². The van der Waals surface area contributed by atoms with E-state index in [0.29, 0.717) is 6.61 Å². The quantitative estimate of drug-likeness (QED) is 0.386. The standard InChI is InChI=1S/C11H21NO2/c1-4-7-8-9-12-10(5-2)11(13)14-6-3/h4,7,10,12H,5-6,8-9H2,1-3H3/b7-4+. The van der Waals surface area contributed by atoms with Gasteiger partial charge in [0.05, 0.1) is 6.61 Å². The van der Waals surface area contributed by atoms with Gasteiger partial charge in [-0.05, 0) is 33.2 Å². The van der Waals surface area contributed by atoms with E-state index in [2.05, 4.69) is 11.4 Å². The van der Waals surface area contributed by atoms with Gasteiger partial charge in [0, 0.05) is 0 Å². The second-order valence-electron chi connectivity index (χ2n) is 3.02. The lowest BCUT2D eigenvalue weighted by molar-refractivity contribution is -0.145. The van der Waals surface area contributed by atoms with Crippen molar-refractivity contribution < 1.29 is 9.53 Å². The molecule has 3 nitrogen and oxygen atoms in total. The Hall–Kier alpha value is -0.830. The highest BCUT2D eigenvalue weighted by atomic mass is 16.5. The minimum Gasteiger partial charge on any atom is -0.465 e. The van der Waals surface area contributed by atoms with Crippen molar-refractivity contribution in [2.45, 2.75) is 39.7 Å². The summed E-state index contributed by atoms with van der Waals surface area (Å²) in [4.78, 5) is 11.3. The van der Waals surface area contributed by atoms with E-state index in [4.69, 9.17) is 4.74 Å². The third-order valence-corrected chi connectivity index (χ3v) is 1.92. The van der Waals surface area contributed by atoms with Crippen LogP contribution in [-0.2, 0) is 9.53 Å². The Morgan fingerprint density at radius 2 is 2.21 bits per heavy atom. The minimum absolute atomic E-state index is 0.143. The topological polar surface area (TPSA) is 38.3 Å². The van der Waals surface area contributed by atoms with E-state index < -0.39 is 0 Å². The van der Waals surface area contributed by atoms with Gasteiger partial charge in [0.15, 0.2) is 0 Å². The molecule has 0 saturated carbocycles. The third kappa shape index (κ3) is 5.75. The Labute approximate surface area is 86.5 Å². The molecule has 82 valence electrons. The molecule has 1 atom stereocenters. The fraction of sp³-hybridized carbons (Fsp3) is 0.727. The maximum Gasteiger partial charge on any atom is 0.323 e. The minimum atomic E-state index is -0.153. The summed E-state index contributed by atoms with van der Waals surface area (Å²) >= 11 is 0. The second-order valence-corrected chi connectivity index (χ2v) is 3.02. The molecule has 0 aliphatic rings. The van der Waals surface area contributed by atoms with E-state index in [0.717, 1.165) is 19.4 Å². The molecule has 0 radical (unpaired) electrons. The number of rotatable bonds is 7. The van der Waals surface area contributed by atoms with Crippen LogP contribution >= 0.6 is 0 Å². The Kier molecular flexibility index (Phi) is 8.24. The number of esters is 1. The fourth-order valence-electron chi connectivity index (χ4n) is 1.14. The average molecular weight is 199 g/mol. The number of nitrogens with one attached hydrogen (secondary N) is 1. The largest absolute Gasteiger partial charge is 0.465 e. The Balaban J connectivity index is 3.72. The number of carbonyl (C=O) groups is 1. The molecule has 0 rings (SSSR count). The lowest BCUT2D eigenvalue weighted by Gasteiger charge is -2.14. The van der Waals surface area contributed by atoms with E-state index >= 15 is 0 Å². The highest BCUT2D eigenvalue weighted by Crippen LogP contribution is 1.95. The molecular weight excluding hydrogens is 178 g/mol. The third-order valence-electron chi connectivity index (χ3n) is 1.92. The summed E-state index contributed by atoms with van der Waals surface area (Å²) in [6, 6.07) is -0.153. The molecule has 0 aromatic rings. The molecule has 0 amide bonds. The molecule has 0 heterocycles. The van der Waals surface area contributed by atoms with E-state index in [1.54, 1.807) is 0 Å². The van der Waals surface area contributed by atoms with Crippen LogP contribution in [0.15, 0.2) is 12.2 Å². The molecule has 0 aliphatic carbocycles. The van der Waals surface area contributed by atoms with Gasteiger partial charge >= 0.3 is 5.97 Å². The van der Waals surface area contributed by atoms with Crippen molar-refractivity contribution in [3.05, 3.63) is 12.2 Å². The molecule has 0 aromatic heterocycles. The molecule has 0 bridgehead atoms. The van der Waals surface area contributed by atoms with Crippen molar-refractivity contribution in [3.63, 3.8) is 0 Å². The van der Waals surface area contributed by atoms with Gasteiger partial charge in [-0.25, -0.2) is 0 Å². The molecule has 0 spiro atoms. The molecule has 14 heavy (non-hydrogen) atoms. The van der Waals surface area contributed by atoms with Gasteiger partial charge in [-0.1, -0.05) is 19.1 Å². The first-order valence-corrected chi connectivity index (χ1v) is 5.27. The fourth-order valence-corrected chi connectivity index (χ4v) is 1.14. The van der Waals surface area contributed by atoms with Crippen molar-refractivity contribution >= 4 is 5.97 Å². The van der Waals surface area contributed by atoms with E-state index in [1.807, 2.05) is 26.8 Å². The normalized spacial score (nSPS) is 13.1. The SMILES string of the molecule is C/C=C/CCNC(CC)C(=O)OCC. The maximum atomic E-state index is 11.3. The van der Waals surface area contributed by atoms with Crippen LogP contribution in [0.1, 0.15) is 33.6 Å². The van der Waals surface area contributed by atoms with Crippen molar-refractivity contribution in [2.24, 2.45) is 0 Å². The van der Waals surface area contributed by atoms with Crippen molar-refractivity contribution in [1.29, 1.82) is 0 Å². The Bertz CT molecular complexity index is 178. The highest BCUT2D eigenvalue weighted by molar-refractivity contribution is 5.75. The van der Waals surface area contributed by atoms with Crippen LogP contribution < -0.4 is 5.32 Å². The van der Waals surface area contributed by atoms with Gasteiger partial charge in [-0.3, -0.25) is 4.79 Å². The summed E-state index contributed by atoms with van der Waals surface area (Å²) in [5, 5.41) is 3.16. The van der Waals surface area contributed by atoms with Gasteiger partial charge in [0.1, 0.15) is 6.04 Å². The number of carbonyl (C=O) groups excluding carboxylic acids is 1. The number of hydrogen-bond acceptors (Lipinski definition) is 3. The van der Waals surface area contributed by atoms with Crippen LogP contribution in [0.5, 0.6) is 0 Å². The first-order chi connectivity index (χ1) is 6.76. The van der Waals surface area contributed by atoms with E-state index in [1.165, 1.54) is 0 Å². The lowest BCUT2D eigenvalue weighted by Crippen LogP contribution is -2.37. The summed E-state index contributed by atoms with van der Waals surface area (Å²) in [6.07, 6.45) is 5.80. The lowest BCUT2D eigenvalue weighted by atomic mass is 10.2. The first kappa shape index (κ1) is 13.2. The van der Waals surface area contributed by atoms with Crippen molar-refractivity contribution in [3.8, 4) is 0 Å². The van der Waals surface area contributed by atoms with Gasteiger partial charge in [0.25, 0.3) is 0 Å². The number of ether oxygens (including phenoxy) is 1. The summed E-state index contributed by atoms with van der Waals surface area (Å²) in [6.45, 7) is 7.06. The molecule has 1 unspecified atom stereocenters. The van der Waals surface area contributed by atoms with Gasteiger partial charge in [-0.15, -0.1) is 0 Å². The van der Waals surface area contributed by atoms with Gasteiger partial charge in [-0.2, -0.15) is 0 Å². The van der Waals surface area contributed by atoms with Crippen LogP contribution in [0, 0.1) is 0 Å². The molecule has 3 heteroatoms. The number of allylic oxidation sites excluding steroid dienone is 1. The predicted molar refractivity (Wildman–Crippen MR) is 58.1 cm³/mol. The zero-order valence-corrected chi connectivity index (χ0v) is 9.38. The van der Waals surface area contributed by atoms with E-state index in [9.17, 15) is 4.79 Å².